The molecule has 0 aliphatic carbocycles. The molecule has 2 nitrogen and oxygen atoms in total. The lowest BCUT2D eigenvalue weighted by molar-refractivity contribution is 0.141. The van der Waals surface area contributed by atoms with E-state index in [0.717, 1.165) is 6.42 Å². The van der Waals surface area contributed by atoms with Crippen LogP contribution in [-0.2, 0) is 0 Å². The Morgan fingerprint density at radius 3 is 1.93 bits per heavy atom. The van der Waals surface area contributed by atoms with E-state index < -0.39 is 0 Å². The van der Waals surface area contributed by atoms with Crippen molar-refractivity contribution in [2.24, 2.45) is 16.6 Å². The molecule has 0 aliphatic rings. The van der Waals surface area contributed by atoms with Gasteiger partial charge in [-0.05, 0) is 23.7 Å². The van der Waals surface area contributed by atoms with E-state index in [-0.39, 0.29) is 22.7 Å². The Kier molecular flexibility index (Phi) is 5.04. The van der Waals surface area contributed by atoms with Crippen molar-refractivity contribution in [1.29, 1.82) is 0 Å². The van der Waals surface area contributed by atoms with Crippen molar-refractivity contribution in [3.63, 3.8) is 0 Å². The highest BCUT2D eigenvalue weighted by molar-refractivity contribution is 7.17. The molecule has 0 saturated carbocycles. The normalized spacial score (nSPS) is 18.0. The van der Waals surface area contributed by atoms with E-state index in [1.807, 2.05) is 0 Å². The van der Waals surface area contributed by atoms with E-state index >= 15 is 0 Å². The molecule has 0 aliphatic heterocycles. The van der Waals surface area contributed by atoms with Crippen LogP contribution in [0.3, 0.4) is 0 Å². The summed E-state index contributed by atoms with van der Waals surface area (Å²) >= 11 is 0. The highest BCUT2D eigenvalue weighted by atomic mass is 31.0. The molecule has 3 atom stereocenters. The van der Waals surface area contributed by atoms with E-state index in [1.54, 1.807) is 0 Å². The molecule has 0 aromatic rings. The van der Waals surface area contributed by atoms with Gasteiger partial charge in [0.25, 0.3) is 0 Å². The summed E-state index contributed by atoms with van der Waals surface area (Å²) in [6.45, 7) is 11.0. The maximum Gasteiger partial charge on any atom is 0.0688 e. The highest BCUT2D eigenvalue weighted by Gasteiger charge is 2.31. The van der Waals surface area contributed by atoms with Crippen molar-refractivity contribution in [2.45, 2.75) is 59.3 Å². The first kappa shape index (κ1) is 14.3. The number of rotatable bonds is 4. The van der Waals surface area contributed by atoms with Crippen molar-refractivity contribution < 1.29 is 5.11 Å². The second-order valence-corrected chi connectivity index (χ2v) is 6.91. The summed E-state index contributed by atoms with van der Waals surface area (Å²) in [5.74, 6) is -0.385. The molecule has 0 fully saturated rings. The zero-order valence-corrected chi connectivity index (χ0v) is 11.3. The first-order chi connectivity index (χ1) is 6.04. The van der Waals surface area contributed by atoms with Gasteiger partial charge in [-0.1, -0.05) is 34.6 Å². The molecule has 0 spiro atoms. The van der Waals surface area contributed by atoms with E-state index in [0.29, 0.717) is 6.42 Å². The Hall–Kier alpha value is 0.350. The molecule has 0 saturated heterocycles. The molecule has 14 heavy (non-hydrogen) atoms. The lowest BCUT2D eigenvalue weighted by atomic mass is 9.71. The third-order valence-electron chi connectivity index (χ3n) is 2.49. The van der Waals surface area contributed by atoms with Crippen LogP contribution in [0.4, 0.5) is 0 Å². The predicted octanol–water partition coefficient (Wildman–Crippen LogP) is 2.36. The maximum absolute atomic E-state index is 9.27. The lowest BCUT2D eigenvalue weighted by Crippen LogP contribution is -2.41. The van der Waals surface area contributed by atoms with Crippen LogP contribution in [0.1, 0.15) is 47.5 Å². The average molecular weight is 219 g/mol. The summed E-state index contributed by atoms with van der Waals surface area (Å²) < 4.78 is 0. The van der Waals surface area contributed by atoms with Gasteiger partial charge in [0.15, 0.2) is 0 Å². The Balaban J connectivity index is 4.30. The summed E-state index contributed by atoms with van der Waals surface area (Å²) in [5.41, 5.74) is 6.45. The molecule has 86 valence electrons. The molecule has 3 N–H and O–H groups in total. The fourth-order valence-electron chi connectivity index (χ4n) is 2.08. The van der Waals surface area contributed by atoms with Crippen molar-refractivity contribution >= 4 is 9.24 Å². The van der Waals surface area contributed by atoms with Crippen LogP contribution in [0.15, 0.2) is 0 Å². The SMILES string of the molecule is CC(C)(C)CC(C)(C)[C@@H](N)C[C@H](O)P. The Labute approximate surface area is 90.9 Å². The van der Waals surface area contributed by atoms with Crippen LogP contribution in [0.2, 0.25) is 0 Å². The Bertz CT molecular complexity index is 173. The van der Waals surface area contributed by atoms with E-state index in [2.05, 4.69) is 43.9 Å². The standard InChI is InChI=1S/C11H26NOP/c1-10(2,3)7-11(4,5)8(12)6-9(13)14/h8-9,13H,6-7,12,14H2,1-5H3/t8-,9+/m0/s1. The zero-order chi connectivity index (χ0) is 11.6. The van der Waals surface area contributed by atoms with Crippen molar-refractivity contribution in [3.8, 4) is 0 Å². The number of aliphatic hydroxyl groups is 1. The molecule has 0 aromatic carbocycles. The largest absolute Gasteiger partial charge is 0.389 e. The van der Waals surface area contributed by atoms with Gasteiger partial charge in [0.05, 0.1) is 5.85 Å². The zero-order valence-electron chi connectivity index (χ0n) is 10.2. The van der Waals surface area contributed by atoms with E-state index in [1.165, 1.54) is 0 Å². The summed E-state index contributed by atoms with van der Waals surface area (Å²) in [6, 6.07) is 0.0502. The van der Waals surface area contributed by atoms with Crippen molar-refractivity contribution in [2.75, 3.05) is 0 Å². The van der Waals surface area contributed by atoms with Gasteiger partial charge in [-0.3, -0.25) is 0 Å². The quantitative estimate of drug-likeness (QED) is 0.713. The number of nitrogens with two attached hydrogens (primary N) is 1. The summed E-state index contributed by atoms with van der Waals surface area (Å²) in [5, 5.41) is 9.27. The summed E-state index contributed by atoms with van der Waals surface area (Å²) in [7, 11) is 2.39. The van der Waals surface area contributed by atoms with Gasteiger partial charge in [-0.2, -0.15) is 0 Å². The van der Waals surface area contributed by atoms with Gasteiger partial charge in [0.1, 0.15) is 0 Å². The van der Waals surface area contributed by atoms with Crippen LogP contribution >= 0.6 is 9.24 Å². The van der Waals surface area contributed by atoms with Crippen molar-refractivity contribution in [3.05, 3.63) is 0 Å². The molecular weight excluding hydrogens is 193 g/mol. The Morgan fingerprint density at radius 2 is 1.64 bits per heavy atom. The topological polar surface area (TPSA) is 46.2 Å². The van der Waals surface area contributed by atoms with Gasteiger partial charge < -0.3 is 10.8 Å². The van der Waals surface area contributed by atoms with Crippen LogP contribution < -0.4 is 5.73 Å². The molecule has 0 aromatic heterocycles. The molecule has 3 heteroatoms. The van der Waals surface area contributed by atoms with E-state index in [9.17, 15) is 5.11 Å². The molecule has 0 rings (SSSR count). The minimum atomic E-state index is -0.385. The summed E-state index contributed by atoms with van der Waals surface area (Å²) in [4.78, 5) is 0. The highest BCUT2D eigenvalue weighted by Crippen LogP contribution is 2.36. The third-order valence-corrected chi connectivity index (χ3v) is 2.76. The van der Waals surface area contributed by atoms with Gasteiger partial charge in [0, 0.05) is 6.04 Å². The maximum atomic E-state index is 9.27. The van der Waals surface area contributed by atoms with Gasteiger partial charge in [-0.25, -0.2) is 0 Å². The number of hydrogen-bond donors (Lipinski definition) is 2. The van der Waals surface area contributed by atoms with Crippen LogP contribution in [0, 0.1) is 10.8 Å². The lowest BCUT2D eigenvalue weighted by Gasteiger charge is -2.37. The second-order valence-electron chi connectivity index (χ2n) is 6.14. The van der Waals surface area contributed by atoms with Gasteiger partial charge in [-0.15, -0.1) is 9.24 Å². The van der Waals surface area contributed by atoms with E-state index in [4.69, 9.17) is 5.73 Å². The van der Waals surface area contributed by atoms with Gasteiger partial charge in [0.2, 0.25) is 0 Å². The fourth-order valence-corrected chi connectivity index (χ4v) is 2.37. The average Bonchev–Trinajstić information content (AvgIpc) is 1.78. The molecule has 0 amide bonds. The number of hydrogen-bond acceptors (Lipinski definition) is 2. The fraction of sp³-hybridized carbons (Fsp3) is 1.00. The molecule has 1 unspecified atom stereocenters. The third kappa shape index (κ3) is 5.95. The van der Waals surface area contributed by atoms with Crippen LogP contribution in [0.5, 0.6) is 0 Å². The minimum Gasteiger partial charge on any atom is -0.389 e. The number of aliphatic hydroxyl groups excluding tert-OH is 1. The van der Waals surface area contributed by atoms with Crippen molar-refractivity contribution in [1.82, 2.24) is 0 Å². The monoisotopic (exact) mass is 219 g/mol. The first-order valence-corrected chi connectivity index (χ1v) is 5.90. The summed E-state index contributed by atoms with van der Waals surface area (Å²) in [6.07, 6.45) is 1.71. The molecule has 0 bridgehead atoms. The van der Waals surface area contributed by atoms with Crippen LogP contribution in [-0.4, -0.2) is 17.0 Å². The smallest absolute Gasteiger partial charge is 0.0688 e. The first-order valence-electron chi connectivity index (χ1n) is 5.24. The van der Waals surface area contributed by atoms with Gasteiger partial charge >= 0.3 is 0 Å². The van der Waals surface area contributed by atoms with Crippen LogP contribution in [0.25, 0.3) is 0 Å². The molecule has 0 heterocycles. The second kappa shape index (κ2) is 4.92. The molecule has 0 radical (unpaired) electrons. The molecular formula is C11H26NOP. The Morgan fingerprint density at radius 1 is 1.21 bits per heavy atom. The predicted molar refractivity (Wildman–Crippen MR) is 66.2 cm³/mol. The minimum absolute atomic E-state index is 0.0502.